The zero-order valence-corrected chi connectivity index (χ0v) is 28.0. The van der Waals surface area contributed by atoms with Crippen molar-refractivity contribution in [3.05, 3.63) is 170 Å². The van der Waals surface area contributed by atoms with Gasteiger partial charge in [-0.05, 0) is 52.2 Å². The summed E-state index contributed by atoms with van der Waals surface area (Å²) < 4.78 is 4.84. The van der Waals surface area contributed by atoms with E-state index >= 15 is 0 Å². The normalized spacial score (nSPS) is 12.2. The Bertz CT molecular complexity index is 3390. The molecule has 240 valence electrons. The third kappa shape index (κ3) is 3.60. The van der Waals surface area contributed by atoms with Gasteiger partial charge in [0.05, 0.1) is 38.6 Å². The maximum absolute atomic E-state index is 5.65. The molecule has 0 amide bonds. The Morgan fingerprint density at radius 1 is 0.385 bits per heavy atom. The van der Waals surface area contributed by atoms with Crippen molar-refractivity contribution in [3.8, 4) is 28.2 Å². The van der Waals surface area contributed by atoms with Crippen LogP contribution in [0.4, 0.5) is 0 Å². The van der Waals surface area contributed by atoms with Crippen molar-refractivity contribution in [1.29, 1.82) is 0 Å². The van der Waals surface area contributed by atoms with Crippen LogP contribution in [0.15, 0.2) is 170 Å². The lowest BCUT2D eigenvalue weighted by molar-refractivity contribution is 1.08. The molecule has 4 nitrogen and oxygen atoms in total. The van der Waals surface area contributed by atoms with Crippen LogP contribution in [-0.4, -0.2) is 18.9 Å². The summed E-state index contributed by atoms with van der Waals surface area (Å²) in [6.45, 7) is 0. The lowest BCUT2D eigenvalue weighted by Crippen LogP contribution is -2.04. The molecule has 0 aliphatic carbocycles. The van der Waals surface area contributed by atoms with Crippen LogP contribution in [0.1, 0.15) is 0 Å². The fourth-order valence-corrected chi connectivity index (χ4v) is 8.89. The molecule has 4 heteroatoms. The SMILES string of the molecule is c1ccc(-c2nc3c(cc(-c4ccccc4)c4ccccc43)nc2-n2c3cccc4c5cccc6c7ccccc7n(c7cccc2c7c43)c56)cc1. The Labute approximate surface area is 297 Å². The number of rotatable bonds is 3. The van der Waals surface area contributed by atoms with Crippen molar-refractivity contribution in [2.45, 2.75) is 0 Å². The summed E-state index contributed by atoms with van der Waals surface area (Å²) in [7, 11) is 0. The highest BCUT2D eigenvalue weighted by Crippen LogP contribution is 2.45. The van der Waals surface area contributed by atoms with E-state index in [4.69, 9.17) is 9.97 Å². The number of hydrogen-bond acceptors (Lipinski definition) is 2. The molecule has 0 spiro atoms. The van der Waals surface area contributed by atoms with Crippen molar-refractivity contribution in [3.63, 3.8) is 0 Å². The van der Waals surface area contributed by atoms with Gasteiger partial charge in [-0.25, -0.2) is 9.97 Å². The minimum absolute atomic E-state index is 0.818. The van der Waals surface area contributed by atoms with Gasteiger partial charge in [-0.2, -0.15) is 0 Å². The minimum atomic E-state index is 0.818. The molecule has 4 heterocycles. The van der Waals surface area contributed by atoms with Crippen LogP contribution >= 0.6 is 0 Å². The number of nitrogens with zero attached hydrogens (tertiary/aromatic N) is 4. The number of hydrogen-bond donors (Lipinski definition) is 0. The maximum atomic E-state index is 5.65. The van der Waals surface area contributed by atoms with E-state index in [1.54, 1.807) is 0 Å². The lowest BCUT2D eigenvalue weighted by atomic mass is 9.96. The van der Waals surface area contributed by atoms with Crippen LogP contribution in [0.25, 0.3) is 110 Å². The van der Waals surface area contributed by atoms with Gasteiger partial charge in [-0.3, -0.25) is 4.57 Å². The van der Waals surface area contributed by atoms with Gasteiger partial charge < -0.3 is 4.40 Å². The third-order valence-corrected chi connectivity index (χ3v) is 11.0. The van der Waals surface area contributed by atoms with Crippen LogP contribution < -0.4 is 0 Å². The topological polar surface area (TPSA) is 35.1 Å². The van der Waals surface area contributed by atoms with Gasteiger partial charge in [0, 0.05) is 37.9 Å². The van der Waals surface area contributed by atoms with Crippen molar-refractivity contribution in [2.75, 3.05) is 0 Å². The summed E-state index contributed by atoms with van der Waals surface area (Å²) in [4.78, 5) is 11.2. The van der Waals surface area contributed by atoms with Gasteiger partial charge in [-0.15, -0.1) is 0 Å². The van der Waals surface area contributed by atoms with Gasteiger partial charge in [-0.1, -0.05) is 140 Å². The van der Waals surface area contributed by atoms with Crippen molar-refractivity contribution >= 4 is 81.7 Å². The first-order valence-electron chi connectivity index (χ1n) is 17.8. The van der Waals surface area contributed by atoms with E-state index in [1.165, 1.54) is 54.3 Å². The second-order valence-corrected chi connectivity index (χ2v) is 13.7. The fourth-order valence-electron chi connectivity index (χ4n) is 8.89. The molecule has 4 aromatic heterocycles. The first-order chi connectivity index (χ1) is 25.8. The first-order valence-corrected chi connectivity index (χ1v) is 17.8. The summed E-state index contributed by atoms with van der Waals surface area (Å²) in [5.41, 5.74) is 11.8. The lowest BCUT2D eigenvalue weighted by Gasteiger charge is -2.16. The van der Waals surface area contributed by atoms with Crippen molar-refractivity contribution < 1.29 is 0 Å². The number of para-hydroxylation sites is 2. The second kappa shape index (κ2) is 10.3. The number of aromatic nitrogens is 4. The van der Waals surface area contributed by atoms with Crippen LogP contribution in [0, 0.1) is 0 Å². The number of fused-ring (bicyclic) bond motifs is 8. The highest BCUT2D eigenvalue weighted by molar-refractivity contribution is 6.31. The fraction of sp³-hybridized carbons (Fsp3) is 0. The molecule has 0 saturated heterocycles. The molecule has 12 rings (SSSR count). The maximum Gasteiger partial charge on any atom is 0.165 e. The first kappa shape index (κ1) is 27.7. The van der Waals surface area contributed by atoms with E-state index in [1.807, 2.05) is 0 Å². The molecule has 8 aromatic carbocycles. The molecule has 0 aliphatic rings. The molecular formula is C48H28N4. The third-order valence-electron chi connectivity index (χ3n) is 11.0. The van der Waals surface area contributed by atoms with Gasteiger partial charge >= 0.3 is 0 Å². The van der Waals surface area contributed by atoms with Gasteiger partial charge in [0.1, 0.15) is 5.69 Å². The molecule has 0 unspecified atom stereocenters. The number of benzene rings is 8. The molecule has 0 aliphatic heterocycles. The van der Waals surface area contributed by atoms with Gasteiger partial charge in [0.2, 0.25) is 0 Å². The monoisotopic (exact) mass is 660 g/mol. The Balaban J connectivity index is 1.29. The Kier molecular flexibility index (Phi) is 5.47. The Morgan fingerprint density at radius 2 is 0.942 bits per heavy atom. The quantitative estimate of drug-likeness (QED) is 0.177. The highest BCUT2D eigenvalue weighted by atomic mass is 15.1. The molecule has 0 radical (unpaired) electrons. The Hall–Kier alpha value is -7.04. The summed E-state index contributed by atoms with van der Waals surface area (Å²) >= 11 is 0. The predicted octanol–water partition coefficient (Wildman–Crippen LogP) is 12.4. The summed E-state index contributed by atoms with van der Waals surface area (Å²) in [5, 5.41) is 9.72. The molecular weight excluding hydrogens is 633 g/mol. The van der Waals surface area contributed by atoms with Crippen LogP contribution in [0.5, 0.6) is 0 Å². The van der Waals surface area contributed by atoms with Crippen LogP contribution in [0.2, 0.25) is 0 Å². The zero-order valence-electron chi connectivity index (χ0n) is 28.0. The molecule has 0 N–H and O–H groups in total. The van der Waals surface area contributed by atoms with Gasteiger partial charge in [0.15, 0.2) is 5.82 Å². The highest BCUT2D eigenvalue weighted by Gasteiger charge is 2.25. The Morgan fingerprint density at radius 3 is 1.75 bits per heavy atom. The largest absolute Gasteiger partial charge is 0.308 e. The van der Waals surface area contributed by atoms with Crippen molar-refractivity contribution in [2.24, 2.45) is 0 Å². The van der Waals surface area contributed by atoms with Crippen LogP contribution in [-0.2, 0) is 0 Å². The zero-order chi connectivity index (χ0) is 33.9. The van der Waals surface area contributed by atoms with Crippen molar-refractivity contribution in [1.82, 2.24) is 18.9 Å². The average Bonchev–Trinajstić information content (AvgIpc) is 3.69. The second-order valence-electron chi connectivity index (χ2n) is 13.7. The van der Waals surface area contributed by atoms with E-state index in [9.17, 15) is 0 Å². The summed E-state index contributed by atoms with van der Waals surface area (Å²) in [6.07, 6.45) is 0. The van der Waals surface area contributed by atoms with E-state index in [-0.39, 0.29) is 0 Å². The van der Waals surface area contributed by atoms with E-state index in [2.05, 4.69) is 179 Å². The predicted molar refractivity (Wildman–Crippen MR) is 217 cm³/mol. The molecule has 0 fully saturated rings. The van der Waals surface area contributed by atoms with Crippen LogP contribution in [0.3, 0.4) is 0 Å². The van der Waals surface area contributed by atoms with E-state index in [0.717, 1.165) is 55.7 Å². The van der Waals surface area contributed by atoms with E-state index < -0.39 is 0 Å². The van der Waals surface area contributed by atoms with Gasteiger partial charge in [0.25, 0.3) is 0 Å². The standard InChI is InChI=1S/C48H28N4/c1-3-14-29(15-4-1)37-28-38-46(34-20-8-7-18-31(34)37)50-45(30-16-5-2-6-17-30)48(49-38)52-40-25-12-21-33-36-23-11-22-35-32-19-9-10-24-39(32)51(47(35)36)41-26-13-27-42(52)44(41)43(33)40/h1-28H. The average molecular weight is 661 g/mol. The molecule has 0 atom stereocenters. The molecule has 0 bridgehead atoms. The summed E-state index contributed by atoms with van der Waals surface area (Å²) in [5.74, 6) is 0.818. The van der Waals surface area contributed by atoms with E-state index in [0.29, 0.717) is 0 Å². The summed E-state index contributed by atoms with van der Waals surface area (Å²) in [6, 6.07) is 60.9. The molecule has 52 heavy (non-hydrogen) atoms. The molecule has 12 aromatic rings. The molecule has 0 saturated carbocycles. The minimum Gasteiger partial charge on any atom is -0.308 e. The smallest absolute Gasteiger partial charge is 0.165 e.